The van der Waals surface area contributed by atoms with E-state index >= 15 is 0 Å². The van der Waals surface area contributed by atoms with Gasteiger partial charge < -0.3 is 9.69 Å². The number of likely N-dealkylation sites (tertiary alicyclic amines) is 1. The lowest BCUT2D eigenvalue weighted by atomic mass is 9.72. The molecule has 2 aromatic rings. The normalized spacial score (nSPS) is 20.6. The van der Waals surface area contributed by atoms with E-state index in [0.29, 0.717) is 23.6 Å². The van der Waals surface area contributed by atoms with Gasteiger partial charge in [-0.3, -0.25) is 4.79 Å². The molecule has 0 saturated carbocycles. The summed E-state index contributed by atoms with van der Waals surface area (Å²) in [6.45, 7) is 1.28. The fourth-order valence-corrected chi connectivity index (χ4v) is 3.68. The van der Waals surface area contributed by atoms with Gasteiger partial charge in [0, 0.05) is 35.5 Å². The quantitative estimate of drug-likeness (QED) is 0.785. The molecular weight excluding hydrogens is 322 g/mol. The molecule has 1 aliphatic heterocycles. The summed E-state index contributed by atoms with van der Waals surface area (Å²) in [5.74, 6) is 0.0273. The highest BCUT2D eigenvalue weighted by molar-refractivity contribution is 6.30. The van der Waals surface area contributed by atoms with Crippen molar-refractivity contribution in [1.82, 2.24) is 4.90 Å². The van der Waals surface area contributed by atoms with Crippen LogP contribution in [0.15, 0.2) is 54.6 Å². The average Bonchev–Trinajstić information content (AvgIpc) is 2.63. The number of piperidine rings is 1. The fourth-order valence-electron chi connectivity index (χ4n) is 3.55. The van der Waals surface area contributed by atoms with E-state index in [2.05, 4.69) is 0 Å². The molecule has 4 heteroatoms. The second-order valence-corrected chi connectivity index (χ2v) is 6.79. The molecule has 1 fully saturated rings. The number of benzene rings is 2. The summed E-state index contributed by atoms with van der Waals surface area (Å²) in [6, 6.07) is 17.0. The third kappa shape index (κ3) is 3.36. The number of hydrogen-bond acceptors (Lipinski definition) is 2. The lowest BCUT2D eigenvalue weighted by Crippen LogP contribution is -2.48. The van der Waals surface area contributed by atoms with Gasteiger partial charge in [-0.1, -0.05) is 41.9 Å². The summed E-state index contributed by atoms with van der Waals surface area (Å²) in [5.41, 5.74) is 1.44. The summed E-state index contributed by atoms with van der Waals surface area (Å²) in [6.07, 6.45) is 3.15. The molecule has 3 nitrogen and oxygen atoms in total. The first-order valence-electron chi connectivity index (χ1n) is 8.19. The van der Waals surface area contributed by atoms with E-state index in [0.717, 1.165) is 31.2 Å². The van der Waals surface area contributed by atoms with Crippen molar-refractivity contribution in [2.75, 3.05) is 13.1 Å². The summed E-state index contributed by atoms with van der Waals surface area (Å²) in [7, 11) is 0. The molecule has 0 radical (unpaired) electrons. The van der Waals surface area contributed by atoms with Crippen LogP contribution in [-0.2, 0) is 10.2 Å². The highest BCUT2D eigenvalue weighted by Gasteiger charge is 2.38. The van der Waals surface area contributed by atoms with Crippen LogP contribution in [0.25, 0.3) is 0 Å². The van der Waals surface area contributed by atoms with Crippen LogP contribution in [0.5, 0.6) is 0 Å². The first-order valence-corrected chi connectivity index (χ1v) is 8.56. The molecule has 24 heavy (non-hydrogen) atoms. The molecule has 0 aliphatic carbocycles. The molecule has 0 unspecified atom stereocenters. The Bertz CT molecular complexity index is 714. The molecule has 3 rings (SSSR count). The fraction of sp³-hybridized carbons (Fsp3) is 0.300. The summed E-state index contributed by atoms with van der Waals surface area (Å²) < 4.78 is 0. The third-order valence-electron chi connectivity index (χ3n) is 4.82. The Morgan fingerprint density at radius 1 is 1.12 bits per heavy atom. The smallest absolute Gasteiger partial charge is 0.253 e. The van der Waals surface area contributed by atoms with Crippen molar-refractivity contribution < 1.29 is 9.59 Å². The van der Waals surface area contributed by atoms with Gasteiger partial charge in [0.15, 0.2) is 0 Å². The minimum absolute atomic E-state index is 0.0273. The standard InChI is InChI=1S/C20H20ClNO2/c21-18-9-7-17(8-10-18)20(12-14-23)11-4-13-22(15-20)19(24)16-5-2-1-3-6-16/h1-3,5-10,14H,4,11-13,15H2/t20-/m1/s1. The zero-order valence-corrected chi connectivity index (χ0v) is 14.2. The van der Waals surface area contributed by atoms with Crippen LogP contribution in [0.2, 0.25) is 5.02 Å². The van der Waals surface area contributed by atoms with Crippen LogP contribution in [-0.4, -0.2) is 30.2 Å². The number of nitrogens with zero attached hydrogens (tertiary/aromatic N) is 1. The zero-order valence-electron chi connectivity index (χ0n) is 13.5. The van der Waals surface area contributed by atoms with Crippen molar-refractivity contribution in [3.05, 3.63) is 70.7 Å². The molecule has 1 aliphatic rings. The van der Waals surface area contributed by atoms with E-state index in [9.17, 15) is 9.59 Å². The Labute approximate surface area is 147 Å². The highest BCUT2D eigenvalue weighted by atomic mass is 35.5. The molecule has 0 N–H and O–H groups in total. The topological polar surface area (TPSA) is 37.4 Å². The Hall–Kier alpha value is -2.13. The minimum Gasteiger partial charge on any atom is -0.338 e. The lowest BCUT2D eigenvalue weighted by molar-refractivity contribution is -0.109. The monoisotopic (exact) mass is 341 g/mol. The summed E-state index contributed by atoms with van der Waals surface area (Å²) in [4.78, 5) is 26.0. The van der Waals surface area contributed by atoms with Crippen LogP contribution in [0.3, 0.4) is 0 Å². The Morgan fingerprint density at radius 2 is 1.83 bits per heavy atom. The van der Waals surface area contributed by atoms with E-state index in [1.54, 1.807) is 0 Å². The predicted molar refractivity (Wildman–Crippen MR) is 95.4 cm³/mol. The second-order valence-electron chi connectivity index (χ2n) is 6.35. The van der Waals surface area contributed by atoms with Crippen LogP contribution in [0.1, 0.15) is 35.2 Å². The van der Waals surface area contributed by atoms with Crippen LogP contribution in [0, 0.1) is 0 Å². The van der Waals surface area contributed by atoms with Crippen molar-refractivity contribution in [3.63, 3.8) is 0 Å². The summed E-state index contributed by atoms with van der Waals surface area (Å²) in [5, 5.41) is 0.674. The minimum atomic E-state index is -0.324. The number of aldehydes is 1. The van der Waals surface area contributed by atoms with Gasteiger partial charge in [0.1, 0.15) is 6.29 Å². The third-order valence-corrected chi connectivity index (χ3v) is 5.07. The van der Waals surface area contributed by atoms with Gasteiger partial charge in [-0.15, -0.1) is 0 Å². The lowest BCUT2D eigenvalue weighted by Gasteiger charge is -2.42. The van der Waals surface area contributed by atoms with Gasteiger partial charge in [0.2, 0.25) is 0 Å². The van der Waals surface area contributed by atoms with E-state index in [1.165, 1.54) is 0 Å². The maximum absolute atomic E-state index is 12.8. The SMILES string of the molecule is O=CC[C@]1(c2ccc(Cl)cc2)CCCN(C(=O)c2ccccc2)C1. The van der Waals surface area contributed by atoms with Crippen molar-refractivity contribution in [3.8, 4) is 0 Å². The van der Waals surface area contributed by atoms with Crippen LogP contribution < -0.4 is 0 Å². The van der Waals surface area contributed by atoms with Gasteiger partial charge in [-0.2, -0.15) is 0 Å². The average molecular weight is 342 g/mol. The van der Waals surface area contributed by atoms with Gasteiger partial charge in [0.05, 0.1) is 0 Å². The molecule has 0 aromatic heterocycles. The Morgan fingerprint density at radius 3 is 2.50 bits per heavy atom. The molecule has 1 heterocycles. The molecule has 0 bridgehead atoms. The van der Waals surface area contributed by atoms with E-state index in [-0.39, 0.29) is 11.3 Å². The number of rotatable bonds is 4. The van der Waals surface area contributed by atoms with Crippen molar-refractivity contribution >= 4 is 23.8 Å². The second kappa shape index (κ2) is 7.18. The number of carbonyl (C=O) groups excluding carboxylic acids is 2. The molecule has 0 spiro atoms. The maximum atomic E-state index is 12.8. The van der Waals surface area contributed by atoms with Gasteiger partial charge >= 0.3 is 0 Å². The Kier molecular flexibility index (Phi) is 5.00. The number of hydrogen-bond donors (Lipinski definition) is 0. The zero-order chi connectivity index (χ0) is 17.0. The molecule has 2 aromatic carbocycles. The Balaban J connectivity index is 1.89. The summed E-state index contributed by atoms with van der Waals surface area (Å²) >= 11 is 6.00. The van der Waals surface area contributed by atoms with Gasteiger partial charge in [-0.25, -0.2) is 0 Å². The van der Waals surface area contributed by atoms with Crippen molar-refractivity contribution in [1.29, 1.82) is 0 Å². The largest absolute Gasteiger partial charge is 0.338 e. The first kappa shape index (κ1) is 16.7. The van der Waals surface area contributed by atoms with E-state index in [1.807, 2.05) is 59.5 Å². The highest BCUT2D eigenvalue weighted by Crippen LogP contribution is 2.37. The van der Waals surface area contributed by atoms with Crippen LogP contribution in [0.4, 0.5) is 0 Å². The van der Waals surface area contributed by atoms with E-state index in [4.69, 9.17) is 11.6 Å². The molecule has 1 saturated heterocycles. The number of carbonyl (C=O) groups is 2. The first-order chi connectivity index (χ1) is 11.6. The molecule has 124 valence electrons. The number of halogens is 1. The molecular formula is C20H20ClNO2. The maximum Gasteiger partial charge on any atom is 0.253 e. The van der Waals surface area contributed by atoms with Crippen LogP contribution >= 0.6 is 11.6 Å². The van der Waals surface area contributed by atoms with E-state index < -0.39 is 0 Å². The molecule has 1 atom stereocenters. The van der Waals surface area contributed by atoms with Gasteiger partial charge in [0.25, 0.3) is 5.91 Å². The predicted octanol–water partition coefficient (Wildman–Crippen LogP) is 4.10. The van der Waals surface area contributed by atoms with Crippen molar-refractivity contribution in [2.45, 2.75) is 24.7 Å². The molecule has 1 amide bonds. The number of amides is 1. The van der Waals surface area contributed by atoms with Crippen molar-refractivity contribution in [2.24, 2.45) is 0 Å². The van der Waals surface area contributed by atoms with Gasteiger partial charge in [-0.05, 0) is 42.7 Å².